The highest BCUT2D eigenvalue weighted by Crippen LogP contribution is 2.19. The summed E-state index contributed by atoms with van der Waals surface area (Å²) < 4.78 is 1.03. The number of rotatable bonds is 6. The zero-order valence-electron chi connectivity index (χ0n) is 13.2. The molecule has 0 saturated heterocycles. The van der Waals surface area contributed by atoms with Gasteiger partial charge in [0.2, 0.25) is 0 Å². The molecule has 0 aliphatic carbocycles. The molecule has 2 atom stereocenters. The van der Waals surface area contributed by atoms with Gasteiger partial charge in [0.1, 0.15) is 6.04 Å². The van der Waals surface area contributed by atoms with Crippen molar-refractivity contribution in [1.29, 1.82) is 0 Å². The van der Waals surface area contributed by atoms with E-state index in [0.717, 1.165) is 20.6 Å². The Hall–Kier alpha value is -1.36. The molecule has 0 unspecified atom stereocenters. The van der Waals surface area contributed by atoms with Crippen molar-refractivity contribution in [2.45, 2.75) is 25.9 Å². The van der Waals surface area contributed by atoms with Gasteiger partial charge in [0, 0.05) is 15.1 Å². The average molecular weight is 397 g/mol. The number of nitrogens with two attached hydrogens (primary N) is 1. The van der Waals surface area contributed by atoms with Crippen molar-refractivity contribution >= 4 is 33.4 Å². The van der Waals surface area contributed by atoms with Crippen LogP contribution < -0.4 is 10.6 Å². The van der Waals surface area contributed by atoms with Crippen LogP contribution in [0.25, 0.3) is 0 Å². The van der Waals surface area contributed by atoms with Crippen LogP contribution in [0.4, 0.5) is 0 Å². The lowest BCUT2D eigenvalue weighted by Crippen LogP contribution is -2.87. The molecule has 5 heteroatoms. The van der Waals surface area contributed by atoms with E-state index in [9.17, 15) is 4.79 Å². The zero-order valence-corrected chi connectivity index (χ0v) is 15.6. The second-order valence-electron chi connectivity index (χ2n) is 5.59. The summed E-state index contributed by atoms with van der Waals surface area (Å²) >= 11 is 9.60. The molecule has 0 aliphatic rings. The summed E-state index contributed by atoms with van der Waals surface area (Å²) in [5.74, 6) is 0.0133. The number of quaternary nitrogens is 1. The van der Waals surface area contributed by atoms with E-state index in [-0.39, 0.29) is 18.0 Å². The number of halogens is 2. The fraction of sp³-hybridized carbons (Fsp3) is 0.278. The molecule has 3 nitrogen and oxygen atoms in total. The Morgan fingerprint density at radius 1 is 1.17 bits per heavy atom. The first-order valence-corrected chi connectivity index (χ1v) is 8.77. The predicted molar refractivity (Wildman–Crippen MR) is 97.4 cm³/mol. The summed E-state index contributed by atoms with van der Waals surface area (Å²) in [7, 11) is 0. The van der Waals surface area contributed by atoms with Gasteiger partial charge in [-0.2, -0.15) is 0 Å². The Morgan fingerprint density at radius 3 is 2.48 bits per heavy atom. The lowest BCUT2D eigenvalue weighted by atomic mass is 10.1. The highest BCUT2D eigenvalue weighted by Gasteiger charge is 2.15. The first-order valence-electron chi connectivity index (χ1n) is 7.60. The normalized spacial score (nSPS) is 13.4. The van der Waals surface area contributed by atoms with Crippen LogP contribution in [0, 0.1) is 0 Å². The molecule has 0 saturated carbocycles. The third-order valence-electron chi connectivity index (χ3n) is 3.80. The van der Waals surface area contributed by atoms with Crippen LogP contribution in [0.3, 0.4) is 0 Å². The molecule has 1 amide bonds. The van der Waals surface area contributed by atoms with E-state index in [1.807, 2.05) is 67.7 Å². The SMILES string of the molecule is C[C@H]([NH2+]CC(=O)N[C@H](C)c1ccc(Br)cc1)c1ccccc1Cl. The minimum Gasteiger partial charge on any atom is -0.345 e. The fourth-order valence-electron chi connectivity index (χ4n) is 2.39. The Balaban J connectivity index is 1.85. The molecule has 0 radical (unpaired) electrons. The molecule has 0 heterocycles. The first-order chi connectivity index (χ1) is 11.0. The molecule has 2 aromatic rings. The molecule has 2 rings (SSSR count). The number of hydrogen-bond donors (Lipinski definition) is 2. The largest absolute Gasteiger partial charge is 0.345 e. The molecular weight excluding hydrogens is 376 g/mol. The van der Waals surface area contributed by atoms with E-state index < -0.39 is 0 Å². The molecule has 23 heavy (non-hydrogen) atoms. The van der Waals surface area contributed by atoms with E-state index in [1.165, 1.54) is 0 Å². The van der Waals surface area contributed by atoms with Gasteiger partial charge in [0.25, 0.3) is 5.91 Å². The summed E-state index contributed by atoms with van der Waals surface area (Å²) in [5.41, 5.74) is 2.13. The number of amides is 1. The minimum atomic E-state index is -0.0142. The highest BCUT2D eigenvalue weighted by molar-refractivity contribution is 9.10. The van der Waals surface area contributed by atoms with Crippen molar-refractivity contribution in [3.8, 4) is 0 Å². The van der Waals surface area contributed by atoms with E-state index in [1.54, 1.807) is 0 Å². The van der Waals surface area contributed by atoms with Crippen LogP contribution in [0.2, 0.25) is 5.02 Å². The van der Waals surface area contributed by atoms with Gasteiger partial charge >= 0.3 is 0 Å². The van der Waals surface area contributed by atoms with Gasteiger partial charge in [0.15, 0.2) is 6.54 Å². The maximum atomic E-state index is 12.1. The van der Waals surface area contributed by atoms with E-state index in [2.05, 4.69) is 21.2 Å². The van der Waals surface area contributed by atoms with Crippen molar-refractivity contribution in [3.63, 3.8) is 0 Å². The number of benzene rings is 2. The molecule has 2 aromatic carbocycles. The van der Waals surface area contributed by atoms with Crippen LogP contribution >= 0.6 is 27.5 Å². The Labute approximate surface area is 150 Å². The van der Waals surface area contributed by atoms with E-state index in [0.29, 0.717) is 6.54 Å². The quantitative estimate of drug-likeness (QED) is 0.770. The van der Waals surface area contributed by atoms with Crippen molar-refractivity contribution in [1.82, 2.24) is 5.32 Å². The number of nitrogens with one attached hydrogen (secondary N) is 1. The maximum absolute atomic E-state index is 12.1. The van der Waals surface area contributed by atoms with Crippen molar-refractivity contribution < 1.29 is 10.1 Å². The van der Waals surface area contributed by atoms with Crippen molar-refractivity contribution in [2.24, 2.45) is 0 Å². The Bertz CT molecular complexity index is 660. The van der Waals surface area contributed by atoms with E-state index in [4.69, 9.17) is 11.6 Å². The fourth-order valence-corrected chi connectivity index (χ4v) is 2.96. The average Bonchev–Trinajstić information content (AvgIpc) is 2.53. The summed E-state index contributed by atoms with van der Waals surface area (Å²) in [6.45, 7) is 4.40. The summed E-state index contributed by atoms with van der Waals surface area (Å²) in [4.78, 5) is 12.1. The van der Waals surface area contributed by atoms with Gasteiger partial charge in [-0.25, -0.2) is 0 Å². The molecule has 0 aromatic heterocycles. The van der Waals surface area contributed by atoms with Crippen LogP contribution in [-0.4, -0.2) is 12.5 Å². The molecule has 0 spiro atoms. The third-order valence-corrected chi connectivity index (χ3v) is 4.67. The monoisotopic (exact) mass is 395 g/mol. The number of hydrogen-bond acceptors (Lipinski definition) is 1. The molecule has 122 valence electrons. The smallest absolute Gasteiger partial charge is 0.275 e. The third kappa shape index (κ3) is 5.34. The highest BCUT2D eigenvalue weighted by atomic mass is 79.9. The topological polar surface area (TPSA) is 45.7 Å². The van der Waals surface area contributed by atoms with Crippen LogP contribution in [0.15, 0.2) is 53.0 Å². The summed E-state index contributed by atoms with van der Waals surface area (Å²) in [5, 5.41) is 5.75. The van der Waals surface area contributed by atoms with Crippen LogP contribution in [0.1, 0.15) is 37.1 Å². The Morgan fingerprint density at radius 2 is 1.83 bits per heavy atom. The Kier molecular flexibility index (Phi) is 6.63. The predicted octanol–water partition coefficient (Wildman–Crippen LogP) is 3.60. The molecular formula is C18H21BrClN2O+. The van der Waals surface area contributed by atoms with Crippen LogP contribution in [0.5, 0.6) is 0 Å². The summed E-state index contributed by atoms with van der Waals surface area (Å²) in [6, 6.07) is 15.8. The standard InChI is InChI=1S/C18H20BrClN2O/c1-12(14-7-9-15(19)10-8-14)22-18(23)11-21-13(2)16-5-3-4-6-17(16)20/h3-10,12-13,21H,11H2,1-2H3,(H,22,23)/p+1/t12-,13+/m1/s1. The number of carbonyl (C=O) groups is 1. The minimum absolute atomic E-state index is 0.0133. The van der Waals surface area contributed by atoms with Gasteiger partial charge in [-0.05, 0) is 37.6 Å². The molecule has 0 fully saturated rings. The second kappa shape index (κ2) is 8.48. The lowest BCUT2D eigenvalue weighted by Gasteiger charge is -2.16. The number of carbonyl (C=O) groups excluding carboxylic acids is 1. The molecule has 0 aliphatic heterocycles. The molecule has 3 N–H and O–H groups in total. The van der Waals surface area contributed by atoms with Crippen molar-refractivity contribution in [2.75, 3.05) is 6.54 Å². The molecule has 0 bridgehead atoms. The van der Waals surface area contributed by atoms with Gasteiger partial charge in [-0.15, -0.1) is 0 Å². The van der Waals surface area contributed by atoms with E-state index >= 15 is 0 Å². The first kappa shape index (κ1) is 18.0. The lowest BCUT2D eigenvalue weighted by molar-refractivity contribution is -0.682. The van der Waals surface area contributed by atoms with Gasteiger partial charge < -0.3 is 10.6 Å². The van der Waals surface area contributed by atoms with Gasteiger partial charge in [-0.1, -0.05) is 57.9 Å². The summed E-state index contributed by atoms with van der Waals surface area (Å²) in [6.07, 6.45) is 0. The van der Waals surface area contributed by atoms with Gasteiger partial charge in [-0.3, -0.25) is 4.79 Å². The van der Waals surface area contributed by atoms with Crippen molar-refractivity contribution in [3.05, 3.63) is 69.2 Å². The zero-order chi connectivity index (χ0) is 16.8. The van der Waals surface area contributed by atoms with Gasteiger partial charge in [0.05, 0.1) is 6.04 Å². The second-order valence-corrected chi connectivity index (χ2v) is 6.91. The maximum Gasteiger partial charge on any atom is 0.275 e. The van der Waals surface area contributed by atoms with Crippen LogP contribution in [-0.2, 0) is 4.79 Å².